The van der Waals surface area contributed by atoms with E-state index < -0.39 is 0 Å². The monoisotopic (exact) mass is 430 g/mol. The van der Waals surface area contributed by atoms with Crippen molar-refractivity contribution in [1.29, 1.82) is 0 Å². The maximum absolute atomic E-state index is 5.00. The van der Waals surface area contributed by atoms with Crippen LogP contribution in [-0.2, 0) is 0 Å². The molecule has 32 heavy (non-hydrogen) atoms. The first kappa shape index (κ1) is 20.7. The van der Waals surface area contributed by atoms with Crippen molar-refractivity contribution >= 4 is 22.2 Å². The van der Waals surface area contributed by atoms with E-state index in [1.807, 2.05) is 12.3 Å². The number of nitrogens with zero attached hydrogens (tertiary/aromatic N) is 5. The zero-order chi connectivity index (χ0) is 22.1. The molecule has 3 aromatic heterocycles. The van der Waals surface area contributed by atoms with E-state index in [9.17, 15) is 0 Å². The Balaban J connectivity index is 1.52. The van der Waals surface area contributed by atoms with Gasteiger partial charge in [-0.3, -0.25) is 10.1 Å². The van der Waals surface area contributed by atoms with Gasteiger partial charge in [0.1, 0.15) is 11.4 Å². The minimum atomic E-state index is 0.768. The summed E-state index contributed by atoms with van der Waals surface area (Å²) >= 11 is 0. The molecule has 166 valence electrons. The van der Waals surface area contributed by atoms with Crippen molar-refractivity contribution in [1.82, 2.24) is 40.3 Å². The van der Waals surface area contributed by atoms with Gasteiger partial charge in [0.15, 0.2) is 5.82 Å². The number of fused-ring (bicyclic) bond motifs is 1. The van der Waals surface area contributed by atoms with Gasteiger partial charge in [-0.15, -0.1) is 0 Å². The highest BCUT2D eigenvalue weighted by molar-refractivity contribution is 5.92. The largest absolute Gasteiger partial charge is 0.367 e. The van der Waals surface area contributed by atoms with Crippen LogP contribution in [0.15, 0.2) is 37.1 Å². The number of aryl methyl sites for hydroxylation is 1. The number of piperazine rings is 1. The van der Waals surface area contributed by atoms with Crippen molar-refractivity contribution in [3.05, 3.63) is 54.2 Å². The van der Waals surface area contributed by atoms with E-state index in [4.69, 9.17) is 4.98 Å². The third kappa shape index (κ3) is 3.87. The number of allylic oxidation sites excluding steroid dienone is 2. The van der Waals surface area contributed by atoms with Gasteiger partial charge in [-0.05, 0) is 44.7 Å². The average molecular weight is 431 g/mol. The van der Waals surface area contributed by atoms with Crippen molar-refractivity contribution in [2.45, 2.75) is 13.3 Å². The van der Waals surface area contributed by atoms with Gasteiger partial charge in [-0.25, -0.2) is 4.98 Å². The highest BCUT2D eigenvalue weighted by atomic mass is 15.3. The summed E-state index contributed by atoms with van der Waals surface area (Å²) in [4.78, 5) is 17.9. The molecule has 3 N–H and O–H groups in total. The molecule has 0 radical (unpaired) electrons. The summed E-state index contributed by atoms with van der Waals surface area (Å²) in [7, 11) is 2.16. The number of hydrogen-bond acceptors (Lipinski definition) is 6. The van der Waals surface area contributed by atoms with Crippen molar-refractivity contribution in [3.8, 4) is 11.5 Å². The van der Waals surface area contributed by atoms with Crippen molar-refractivity contribution in [2.24, 2.45) is 0 Å². The summed E-state index contributed by atoms with van der Waals surface area (Å²) < 4.78 is 0. The van der Waals surface area contributed by atoms with Crippen LogP contribution in [0.2, 0.25) is 0 Å². The van der Waals surface area contributed by atoms with Gasteiger partial charge in [0.05, 0.1) is 23.1 Å². The SMILES string of the molecule is C=C/C=C(\c1nc(-c2n[nH]c3cnc(C4=CCNCC4)cc23)[nH]c1C)N1CCN(C)CC1. The second-order valence-corrected chi connectivity index (χ2v) is 8.51. The molecule has 8 nitrogen and oxygen atoms in total. The predicted molar refractivity (Wildman–Crippen MR) is 129 cm³/mol. The molecule has 0 saturated carbocycles. The first-order chi connectivity index (χ1) is 15.6. The van der Waals surface area contributed by atoms with Gasteiger partial charge < -0.3 is 20.1 Å². The minimum Gasteiger partial charge on any atom is -0.367 e. The Morgan fingerprint density at radius 1 is 1.22 bits per heavy atom. The van der Waals surface area contributed by atoms with Crippen molar-refractivity contribution in [2.75, 3.05) is 46.3 Å². The van der Waals surface area contributed by atoms with Crippen LogP contribution in [0.4, 0.5) is 0 Å². The number of rotatable bonds is 5. The molecule has 0 aromatic carbocycles. The van der Waals surface area contributed by atoms with Crippen LogP contribution in [0, 0.1) is 6.92 Å². The molecule has 1 saturated heterocycles. The van der Waals surface area contributed by atoms with Crippen LogP contribution in [0.5, 0.6) is 0 Å². The normalized spacial score (nSPS) is 18.2. The maximum atomic E-state index is 5.00. The second kappa shape index (κ2) is 8.72. The molecule has 0 unspecified atom stereocenters. The molecule has 5 rings (SSSR count). The summed E-state index contributed by atoms with van der Waals surface area (Å²) in [5, 5.41) is 12.1. The molecule has 0 amide bonds. The van der Waals surface area contributed by atoms with Crippen LogP contribution >= 0.6 is 0 Å². The number of H-pyrrole nitrogens is 2. The van der Waals surface area contributed by atoms with Gasteiger partial charge in [-0.2, -0.15) is 5.10 Å². The number of aromatic amines is 2. The smallest absolute Gasteiger partial charge is 0.159 e. The lowest BCUT2D eigenvalue weighted by molar-refractivity contribution is 0.207. The van der Waals surface area contributed by atoms with Crippen LogP contribution in [0.1, 0.15) is 23.5 Å². The van der Waals surface area contributed by atoms with E-state index in [2.05, 4.69) is 74.1 Å². The van der Waals surface area contributed by atoms with Crippen LogP contribution in [-0.4, -0.2) is 81.3 Å². The van der Waals surface area contributed by atoms with E-state index in [0.717, 1.165) is 90.9 Å². The third-order valence-electron chi connectivity index (χ3n) is 6.31. The summed E-state index contributed by atoms with van der Waals surface area (Å²) in [6, 6.07) is 2.13. The van der Waals surface area contributed by atoms with Gasteiger partial charge in [0.25, 0.3) is 0 Å². The van der Waals surface area contributed by atoms with Crippen LogP contribution in [0.3, 0.4) is 0 Å². The average Bonchev–Trinajstić information content (AvgIpc) is 3.41. The number of aromatic nitrogens is 5. The molecule has 3 aromatic rings. The molecule has 5 heterocycles. The van der Waals surface area contributed by atoms with Gasteiger partial charge >= 0.3 is 0 Å². The second-order valence-electron chi connectivity index (χ2n) is 8.51. The first-order valence-electron chi connectivity index (χ1n) is 11.2. The molecule has 0 spiro atoms. The summed E-state index contributed by atoms with van der Waals surface area (Å²) in [5.41, 5.74) is 7.11. The Labute approximate surface area is 188 Å². The third-order valence-corrected chi connectivity index (χ3v) is 6.31. The zero-order valence-corrected chi connectivity index (χ0v) is 18.8. The zero-order valence-electron chi connectivity index (χ0n) is 18.8. The molecular weight excluding hydrogens is 400 g/mol. The summed E-state index contributed by atoms with van der Waals surface area (Å²) in [5.74, 6) is 0.768. The quantitative estimate of drug-likeness (QED) is 0.540. The van der Waals surface area contributed by atoms with E-state index in [1.54, 1.807) is 0 Å². The Morgan fingerprint density at radius 2 is 2.06 bits per heavy atom. The van der Waals surface area contributed by atoms with Gasteiger partial charge in [0.2, 0.25) is 0 Å². The van der Waals surface area contributed by atoms with E-state index in [1.165, 1.54) is 5.57 Å². The fraction of sp³-hybridized carbons (Fsp3) is 0.375. The minimum absolute atomic E-state index is 0.768. The summed E-state index contributed by atoms with van der Waals surface area (Å²) in [6.45, 7) is 11.9. The number of hydrogen-bond donors (Lipinski definition) is 3. The van der Waals surface area contributed by atoms with Gasteiger partial charge in [-0.1, -0.05) is 18.7 Å². The fourth-order valence-electron chi connectivity index (χ4n) is 4.44. The standard InChI is InChI=1S/C24H30N8/c1-4-5-21(32-12-10-31(3)11-13-32)22-16(2)27-24(28-22)23-18-14-19(17-6-8-25-9-7-17)26-15-20(18)29-30-23/h4-6,14-15,25H,1,7-13H2,2-3H3,(H,27,28)(H,29,30)/b21-5+. The topological polar surface area (TPSA) is 88.8 Å². The lowest BCUT2D eigenvalue weighted by Gasteiger charge is -2.35. The maximum Gasteiger partial charge on any atom is 0.159 e. The molecular formula is C24H30N8. The lowest BCUT2D eigenvalue weighted by Crippen LogP contribution is -2.43. The number of nitrogens with one attached hydrogen (secondary N) is 3. The number of likely N-dealkylation sites (N-methyl/N-ethyl adjacent to an activating group) is 1. The Kier molecular flexibility index (Phi) is 5.63. The molecule has 0 aliphatic carbocycles. The van der Waals surface area contributed by atoms with E-state index in [-0.39, 0.29) is 0 Å². The molecule has 8 heteroatoms. The van der Waals surface area contributed by atoms with Crippen molar-refractivity contribution in [3.63, 3.8) is 0 Å². The molecule has 2 aliphatic rings. The fourth-order valence-corrected chi connectivity index (χ4v) is 4.44. The Bertz CT molecular complexity index is 1190. The van der Waals surface area contributed by atoms with Crippen molar-refractivity contribution < 1.29 is 0 Å². The summed E-state index contributed by atoms with van der Waals surface area (Å²) in [6.07, 6.45) is 8.97. The number of pyridine rings is 1. The Hall–Kier alpha value is -3.23. The highest BCUT2D eigenvalue weighted by Crippen LogP contribution is 2.30. The molecule has 0 bridgehead atoms. The molecule has 1 fully saturated rings. The first-order valence-corrected chi connectivity index (χ1v) is 11.2. The molecule has 2 aliphatic heterocycles. The van der Waals surface area contributed by atoms with Gasteiger partial charge in [0, 0.05) is 43.8 Å². The van der Waals surface area contributed by atoms with Crippen LogP contribution < -0.4 is 5.32 Å². The predicted octanol–water partition coefficient (Wildman–Crippen LogP) is 2.81. The highest BCUT2D eigenvalue weighted by Gasteiger charge is 2.23. The lowest BCUT2D eigenvalue weighted by atomic mass is 10.0. The number of imidazole rings is 1. The Morgan fingerprint density at radius 3 is 2.81 bits per heavy atom. The van der Waals surface area contributed by atoms with E-state index in [0.29, 0.717) is 0 Å². The van der Waals surface area contributed by atoms with E-state index >= 15 is 0 Å². The van der Waals surface area contributed by atoms with Crippen LogP contribution in [0.25, 0.3) is 33.7 Å². The molecule has 0 atom stereocenters.